The predicted molar refractivity (Wildman–Crippen MR) is 119 cm³/mol. The summed E-state index contributed by atoms with van der Waals surface area (Å²) < 4.78 is 2.05. The van der Waals surface area contributed by atoms with Gasteiger partial charge in [-0.3, -0.25) is 9.55 Å². The van der Waals surface area contributed by atoms with Gasteiger partial charge in [0.2, 0.25) is 0 Å². The third kappa shape index (κ3) is 2.84. The van der Waals surface area contributed by atoms with Crippen molar-refractivity contribution in [1.29, 1.82) is 0 Å². The van der Waals surface area contributed by atoms with Gasteiger partial charge in [0.1, 0.15) is 12.0 Å². The monoisotopic (exact) mass is 409 g/mol. The predicted octanol–water partition coefficient (Wildman–Crippen LogP) is 4.61. The molecule has 0 radical (unpaired) electrons. The molecule has 0 N–H and O–H groups in total. The van der Waals surface area contributed by atoms with Crippen LogP contribution in [0.5, 0.6) is 0 Å². The summed E-state index contributed by atoms with van der Waals surface area (Å²) in [5.41, 5.74) is 4.08. The van der Waals surface area contributed by atoms with E-state index in [9.17, 15) is 0 Å². The third-order valence-corrected chi connectivity index (χ3v) is 6.46. The highest BCUT2D eigenvalue weighted by molar-refractivity contribution is 5.80. The first-order valence-corrected chi connectivity index (χ1v) is 10.9. The van der Waals surface area contributed by atoms with Crippen molar-refractivity contribution >= 4 is 5.82 Å². The van der Waals surface area contributed by atoms with Crippen LogP contribution in [0.2, 0.25) is 0 Å². The van der Waals surface area contributed by atoms with Gasteiger partial charge in [-0.2, -0.15) is 0 Å². The van der Waals surface area contributed by atoms with E-state index >= 15 is 0 Å². The lowest BCUT2D eigenvalue weighted by Gasteiger charge is -2.45. The lowest BCUT2D eigenvalue weighted by molar-refractivity contribution is 0.342. The first-order valence-electron chi connectivity index (χ1n) is 10.9. The number of benzene rings is 1. The molecule has 1 atom stereocenters. The van der Waals surface area contributed by atoms with Crippen molar-refractivity contribution in [1.82, 2.24) is 29.7 Å². The Balaban J connectivity index is 1.53. The number of nitrogens with zero attached hydrogens (tertiary/aromatic N) is 7. The molecule has 1 saturated carbocycles. The fourth-order valence-electron chi connectivity index (χ4n) is 4.69. The van der Waals surface area contributed by atoms with Gasteiger partial charge in [0.15, 0.2) is 17.5 Å². The molecule has 3 aromatic heterocycles. The Morgan fingerprint density at radius 2 is 1.90 bits per heavy atom. The van der Waals surface area contributed by atoms with E-state index in [1.54, 1.807) is 12.5 Å². The summed E-state index contributed by atoms with van der Waals surface area (Å²) in [5.74, 6) is 2.67. The zero-order valence-corrected chi connectivity index (χ0v) is 17.4. The molecule has 7 heteroatoms. The Bertz CT molecular complexity index is 1230. The summed E-state index contributed by atoms with van der Waals surface area (Å²) in [6.07, 6.45) is 12.0. The lowest BCUT2D eigenvalue weighted by Crippen LogP contribution is -2.46. The SMILES string of the molecule is CC[C@@H]1c2nncn2-c2cnc(-c3ccncc3-c3ccccc3)nc2N1C1CCC1. The minimum absolute atomic E-state index is 0.175. The zero-order valence-electron chi connectivity index (χ0n) is 17.4. The summed E-state index contributed by atoms with van der Waals surface area (Å²) in [4.78, 5) is 16.7. The maximum absolute atomic E-state index is 5.14. The molecular formula is C24H23N7. The largest absolute Gasteiger partial charge is 0.342 e. The Labute approximate surface area is 180 Å². The Morgan fingerprint density at radius 1 is 1.03 bits per heavy atom. The van der Waals surface area contributed by atoms with Crippen molar-refractivity contribution in [2.45, 2.75) is 44.7 Å². The first-order chi connectivity index (χ1) is 15.3. The van der Waals surface area contributed by atoms with E-state index in [0.29, 0.717) is 6.04 Å². The lowest BCUT2D eigenvalue weighted by atomic mass is 9.89. The molecule has 6 rings (SSSR count). The van der Waals surface area contributed by atoms with Crippen molar-refractivity contribution in [2.75, 3.05) is 4.90 Å². The topological polar surface area (TPSA) is 72.6 Å². The van der Waals surface area contributed by atoms with E-state index in [1.165, 1.54) is 19.3 Å². The number of hydrogen-bond acceptors (Lipinski definition) is 6. The summed E-state index contributed by atoms with van der Waals surface area (Å²) in [6, 6.07) is 13.0. The Morgan fingerprint density at radius 3 is 2.68 bits per heavy atom. The number of hydrogen-bond donors (Lipinski definition) is 0. The molecule has 1 aliphatic carbocycles. The molecule has 0 amide bonds. The normalized spacial score (nSPS) is 17.7. The third-order valence-electron chi connectivity index (χ3n) is 6.46. The quantitative estimate of drug-likeness (QED) is 0.490. The second-order valence-electron chi connectivity index (χ2n) is 8.16. The smallest absolute Gasteiger partial charge is 0.162 e. The summed E-state index contributed by atoms with van der Waals surface area (Å²) in [7, 11) is 0. The van der Waals surface area contributed by atoms with Crippen LogP contribution in [0.15, 0.2) is 61.3 Å². The number of fused-ring (bicyclic) bond motifs is 3. The molecule has 0 unspecified atom stereocenters. The molecule has 0 saturated heterocycles. The second kappa shape index (κ2) is 7.27. The van der Waals surface area contributed by atoms with Gasteiger partial charge in [-0.05, 0) is 37.3 Å². The minimum atomic E-state index is 0.175. The van der Waals surface area contributed by atoms with Crippen LogP contribution in [-0.4, -0.2) is 35.8 Å². The van der Waals surface area contributed by atoms with Crippen LogP contribution in [0.4, 0.5) is 5.82 Å². The molecule has 2 aliphatic rings. The van der Waals surface area contributed by atoms with Gasteiger partial charge >= 0.3 is 0 Å². The van der Waals surface area contributed by atoms with Crippen molar-refractivity contribution < 1.29 is 0 Å². The highest BCUT2D eigenvalue weighted by Gasteiger charge is 2.39. The molecule has 31 heavy (non-hydrogen) atoms. The van der Waals surface area contributed by atoms with Gasteiger partial charge in [-0.15, -0.1) is 10.2 Å². The van der Waals surface area contributed by atoms with Gasteiger partial charge < -0.3 is 4.90 Å². The van der Waals surface area contributed by atoms with Crippen molar-refractivity contribution in [3.05, 3.63) is 67.1 Å². The van der Waals surface area contributed by atoms with Gasteiger partial charge in [-0.1, -0.05) is 37.3 Å². The number of anilines is 1. The second-order valence-corrected chi connectivity index (χ2v) is 8.16. The van der Waals surface area contributed by atoms with Gasteiger partial charge in [0.05, 0.1) is 12.2 Å². The minimum Gasteiger partial charge on any atom is -0.342 e. The highest BCUT2D eigenvalue weighted by Crippen LogP contribution is 2.44. The van der Waals surface area contributed by atoms with Gasteiger partial charge in [-0.25, -0.2) is 9.97 Å². The highest BCUT2D eigenvalue weighted by atomic mass is 15.4. The van der Waals surface area contributed by atoms with Crippen LogP contribution in [0, 0.1) is 0 Å². The van der Waals surface area contributed by atoms with Crippen molar-refractivity contribution in [2.24, 2.45) is 0 Å². The molecular weight excluding hydrogens is 386 g/mol. The number of rotatable bonds is 4. The standard InChI is InChI=1S/C24H23N7/c1-2-20-24-29-27-15-30(24)21-14-26-22(28-23(21)31(20)17-9-6-10-17)18-11-12-25-13-19(18)16-7-4-3-5-8-16/h3-5,7-8,11-15,17,20H,2,6,9-10H2,1H3/t20-/m1/s1. The Hall–Kier alpha value is -3.61. The van der Waals surface area contributed by atoms with Crippen LogP contribution in [0.1, 0.15) is 44.5 Å². The molecule has 0 bridgehead atoms. The van der Waals surface area contributed by atoms with Crippen LogP contribution < -0.4 is 4.90 Å². The van der Waals surface area contributed by atoms with Gasteiger partial charge in [0, 0.05) is 29.6 Å². The van der Waals surface area contributed by atoms with E-state index in [4.69, 9.17) is 9.97 Å². The molecule has 1 aromatic carbocycles. The molecule has 0 spiro atoms. The zero-order chi connectivity index (χ0) is 20.8. The number of aromatic nitrogens is 6. The first kappa shape index (κ1) is 18.2. The van der Waals surface area contributed by atoms with Crippen LogP contribution >= 0.6 is 0 Å². The summed E-state index contributed by atoms with van der Waals surface area (Å²) in [5, 5.41) is 8.64. The molecule has 154 valence electrons. The van der Waals surface area contributed by atoms with Crippen LogP contribution in [-0.2, 0) is 0 Å². The molecule has 1 aliphatic heterocycles. The number of pyridine rings is 1. The molecule has 1 fully saturated rings. The van der Waals surface area contributed by atoms with Crippen LogP contribution in [0.25, 0.3) is 28.2 Å². The maximum atomic E-state index is 5.14. The van der Waals surface area contributed by atoms with E-state index in [1.807, 2.05) is 41.2 Å². The van der Waals surface area contributed by atoms with Crippen molar-refractivity contribution in [3.8, 4) is 28.2 Å². The molecule has 4 aromatic rings. The van der Waals surface area contributed by atoms with E-state index in [2.05, 4.69) is 39.1 Å². The fraction of sp³-hybridized carbons (Fsp3) is 0.292. The van der Waals surface area contributed by atoms with E-state index in [-0.39, 0.29) is 6.04 Å². The van der Waals surface area contributed by atoms with E-state index in [0.717, 1.165) is 46.3 Å². The Kier molecular flexibility index (Phi) is 4.26. The summed E-state index contributed by atoms with van der Waals surface area (Å²) in [6.45, 7) is 2.21. The van der Waals surface area contributed by atoms with Crippen LogP contribution in [0.3, 0.4) is 0 Å². The summed E-state index contributed by atoms with van der Waals surface area (Å²) >= 11 is 0. The van der Waals surface area contributed by atoms with Gasteiger partial charge in [0.25, 0.3) is 0 Å². The fourth-order valence-corrected chi connectivity index (χ4v) is 4.69. The molecule has 7 nitrogen and oxygen atoms in total. The average Bonchev–Trinajstić information content (AvgIpc) is 3.28. The van der Waals surface area contributed by atoms with Crippen molar-refractivity contribution in [3.63, 3.8) is 0 Å². The van der Waals surface area contributed by atoms with E-state index < -0.39 is 0 Å². The average molecular weight is 409 g/mol. The molecule has 4 heterocycles. The maximum Gasteiger partial charge on any atom is 0.162 e.